The minimum atomic E-state index is -0.00746. The predicted octanol–water partition coefficient (Wildman–Crippen LogP) is 1.30. The van der Waals surface area contributed by atoms with E-state index in [4.69, 9.17) is 4.74 Å². The number of nitrogens with one attached hydrogen (secondary N) is 2. The van der Waals surface area contributed by atoms with Crippen LogP contribution in [-0.2, 0) is 9.53 Å². The Kier molecular flexibility index (Phi) is 3.97. The first-order valence-electron chi connectivity index (χ1n) is 7.12. The van der Waals surface area contributed by atoms with Crippen molar-refractivity contribution in [3.8, 4) is 0 Å². The Morgan fingerprint density at radius 1 is 1.50 bits per heavy atom. The van der Waals surface area contributed by atoms with Crippen LogP contribution in [0.15, 0.2) is 0 Å². The van der Waals surface area contributed by atoms with Gasteiger partial charge in [-0.25, -0.2) is 0 Å². The lowest BCUT2D eigenvalue weighted by Crippen LogP contribution is -2.64. The normalized spacial score (nSPS) is 38.2. The zero-order valence-electron chi connectivity index (χ0n) is 12.0. The lowest BCUT2D eigenvalue weighted by atomic mass is 9.64. The first-order chi connectivity index (χ1) is 8.46. The van der Waals surface area contributed by atoms with Crippen molar-refractivity contribution in [3.05, 3.63) is 0 Å². The number of hydrogen-bond acceptors (Lipinski definition) is 3. The van der Waals surface area contributed by atoms with Crippen LogP contribution in [0, 0.1) is 11.3 Å². The minimum absolute atomic E-state index is 0.00746. The maximum absolute atomic E-state index is 12.2. The van der Waals surface area contributed by atoms with Gasteiger partial charge in [0, 0.05) is 18.1 Å². The average molecular weight is 254 g/mol. The highest BCUT2D eigenvalue weighted by Gasteiger charge is 2.50. The highest BCUT2D eigenvalue weighted by molar-refractivity contribution is 5.82. The van der Waals surface area contributed by atoms with Crippen LogP contribution in [0.1, 0.15) is 40.5 Å². The summed E-state index contributed by atoms with van der Waals surface area (Å²) in [6.45, 7) is 10.2. The maximum atomic E-state index is 12.2. The molecular weight excluding hydrogens is 228 g/mol. The second-order valence-electron chi connectivity index (χ2n) is 6.26. The van der Waals surface area contributed by atoms with Gasteiger partial charge in [0.05, 0.1) is 12.1 Å². The van der Waals surface area contributed by atoms with Crippen LogP contribution in [0.5, 0.6) is 0 Å². The molecule has 1 aliphatic heterocycles. The zero-order valence-corrected chi connectivity index (χ0v) is 12.0. The summed E-state index contributed by atoms with van der Waals surface area (Å²) < 4.78 is 5.68. The van der Waals surface area contributed by atoms with Crippen molar-refractivity contribution >= 4 is 5.91 Å². The number of rotatable bonds is 4. The lowest BCUT2D eigenvalue weighted by Gasteiger charge is -2.51. The quantitative estimate of drug-likeness (QED) is 0.795. The fraction of sp³-hybridized carbons (Fsp3) is 0.929. The molecule has 4 atom stereocenters. The van der Waals surface area contributed by atoms with Crippen molar-refractivity contribution in [2.75, 3.05) is 13.2 Å². The van der Waals surface area contributed by atoms with E-state index in [0.717, 1.165) is 26.0 Å². The van der Waals surface area contributed by atoms with E-state index >= 15 is 0 Å². The summed E-state index contributed by atoms with van der Waals surface area (Å²) in [7, 11) is 0. The van der Waals surface area contributed by atoms with Crippen molar-refractivity contribution < 1.29 is 9.53 Å². The molecule has 2 aliphatic rings. The Hall–Kier alpha value is -0.610. The van der Waals surface area contributed by atoms with Gasteiger partial charge in [-0.1, -0.05) is 20.8 Å². The molecule has 0 spiro atoms. The summed E-state index contributed by atoms with van der Waals surface area (Å²) in [5.41, 5.74) is 0.0491. The van der Waals surface area contributed by atoms with Crippen molar-refractivity contribution in [3.63, 3.8) is 0 Å². The molecule has 1 aliphatic carbocycles. The van der Waals surface area contributed by atoms with E-state index in [9.17, 15) is 4.79 Å². The standard InChI is InChI=1S/C14H26N2O2/c1-5-18-11-8-10(14(11,3)4)16-13(17)12-9(2)6-7-15-12/h9-12,15H,5-8H2,1-4H3,(H,16,17). The lowest BCUT2D eigenvalue weighted by molar-refractivity contribution is -0.138. The topological polar surface area (TPSA) is 50.4 Å². The van der Waals surface area contributed by atoms with E-state index in [1.165, 1.54) is 0 Å². The van der Waals surface area contributed by atoms with Crippen molar-refractivity contribution in [2.45, 2.75) is 58.7 Å². The van der Waals surface area contributed by atoms with Crippen LogP contribution in [0.4, 0.5) is 0 Å². The molecule has 18 heavy (non-hydrogen) atoms. The van der Waals surface area contributed by atoms with Crippen LogP contribution in [0.25, 0.3) is 0 Å². The van der Waals surface area contributed by atoms with Crippen LogP contribution < -0.4 is 10.6 Å². The van der Waals surface area contributed by atoms with Crippen molar-refractivity contribution in [1.29, 1.82) is 0 Å². The summed E-state index contributed by atoms with van der Waals surface area (Å²) in [5, 5.41) is 6.47. The summed E-state index contributed by atoms with van der Waals surface area (Å²) in [4.78, 5) is 12.2. The van der Waals surface area contributed by atoms with Gasteiger partial charge in [-0.05, 0) is 32.2 Å². The molecule has 104 valence electrons. The molecule has 2 N–H and O–H groups in total. The number of ether oxygens (including phenoxy) is 1. The summed E-state index contributed by atoms with van der Waals surface area (Å²) >= 11 is 0. The van der Waals surface area contributed by atoms with Crippen molar-refractivity contribution in [1.82, 2.24) is 10.6 Å². The number of carbonyl (C=O) groups excluding carboxylic acids is 1. The smallest absolute Gasteiger partial charge is 0.237 e. The van der Waals surface area contributed by atoms with E-state index in [0.29, 0.717) is 5.92 Å². The van der Waals surface area contributed by atoms with E-state index in [1.807, 2.05) is 6.92 Å². The maximum Gasteiger partial charge on any atom is 0.237 e. The Morgan fingerprint density at radius 3 is 2.72 bits per heavy atom. The molecular formula is C14H26N2O2. The third-order valence-electron chi connectivity index (χ3n) is 4.68. The second-order valence-corrected chi connectivity index (χ2v) is 6.26. The van der Waals surface area contributed by atoms with Crippen LogP contribution in [-0.4, -0.2) is 37.2 Å². The van der Waals surface area contributed by atoms with Gasteiger partial charge in [-0.3, -0.25) is 4.79 Å². The molecule has 1 heterocycles. The number of amides is 1. The fourth-order valence-electron chi connectivity index (χ4n) is 3.06. The van der Waals surface area contributed by atoms with E-state index in [-0.39, 0.29) is 29.5 Å². The first kappa shape index (κ1) is 13.8. The zero-order chi connectivity index (χ0) is 13.3. The van der Waals surface area contributed by atoms with Gasteiger partial charge in [0.25, 0.3) is 0 Å². The summed E-state index contributed by atoms with van der Waals surface area (Å²) in [6.07, 6.45) is 2.31. The molecule has 0 aromatic rings. The molecule has 2 rings (SSSR count). The largest absolute Gasteiger partial charge is 0.378 e. The molecule has 4 unspecified atom stereocenters. The van der Waals surface area contributed by atoms with Gasteiger partial charge in [0.15, 0.2) is 0 Å². The molecule has 1 saturated carbocycles. The fourth-order valence-corrected chi connectivity index (χ4v) is 3.06. The molecule has 0 aromatic heterocycles. The molecule has 0 aromatic carbocycles. The van der Waals surface area contributed by atoms with Gasteiger partial charge in [-0.15, -0.1) is 0 Å². The third kappa shape index (κ3) is 2.41. The molecule has 2 fully saturated rings. The SMILES string of the molecule is CCOC1CC(NC(=O)C2NCCC2C)C1(C)C. The first-order valence-corrected chi connectivity index (χ1v) is 7.12. The van der Waals surface area contributed by atoms with Gasteiger partial charge in [0.2, 0.25) is 5.91 Å². The summed E-state index contributed by atoms with van der Waals surface area (Å²) in [6, 6.07) is 0.239. The van der Waals surface area contributed by atoms with E-state index in [2.05, 4.69) is 31.4 Å². The Morgan fingerprint density at radius 2 is 2.22 bits per heavy atom. The molecule has 4 nitrogen and oxygen atoms in total. The van der Waals surface area contributed by atoms with Crippen LogP contribution in [0.2, 0.25) is 0 Å². The average Bonchev–Trinajstić information content (AvgIpc) is 2.74. The molecule has 0 bridgehead atoms. The Balaban J connectivity index is 1.86. The number of hydrogen-bond donors (Lipinski definition) is 2. The van der Waals surface area contributed by atoms with Crippen molar-refractivity contribution in [2.24, 2.45) is 11.3 Å². The molecule has 1 amide bonds. The molecule has 0 radical (unpaired) electrons. The predicted molar refractivity (Wildman–Crippen MR) is 71.3 cm³/mol. The van der Waals surface area contributed by atoms with Gasteiger partial charge >= 0.3 is 0 Å². The second kappa shape index (κ2) is 5.17. The van der Waals surface area contributed by atoms with Gasteiger partial charge in [0.1, 0.15) is 0 Å². The summed E-state index contributed by atoms with van der Waals surface area (Å²) in [5.74, 6) is 0.601. The Bertz CT molecular complexity index is 317. The van der Waals surface area contributed by atoms with Gasteiger partial charge < -0.3 is 15.4 Å². The minimum Gasteiger partial charge on any atom is -0.378 e. The van der Waals surface area contributed by atoms with E-state index < -0.39 is 0 Å². The van der Waals surface area contributed by atoms with Gasteiger partial charge in [-0.2, -0.15) is 0 Å². The molecule has 4 heteroatoms. The number of carbonyl (C=O) groups is 1. The highest BCUT2D eigenvalue weighted by Crippen LogP contribution is 2.42. The molecule has 1 saturated heterocycles. The monoisotopic (exact) mass is 254 g/mol. The third-order valence-corrected chi connectivity index (χ3v) is 4.68. The van der Waals surface area contributed by atoms with Crippen LogP contribution in [0.3, 0.4) is 0 Å². The Labute approximate surface area is 110 Å². The highest BCUT2D eigenvalue weighted by atomic mass is 16.5. The van der Waals surface area contributed by atoms with Crippen LogP contribution >= 0.6 is 0 Å². The van der Waals surface area contributed by atoms with E-state index in [1.54, 1.807) is 0 Å².